The van der Waals surface area contributed by atoms with Crippen molar-refractivity contribution in [3.05, 3.63) is 35.5 Å². The van der Waals surface area contributed by atoms with Gasteiger partial charge in [0.1, 0.15) is 11.8 Å². The zero-order valence-corrected chi connectivity index (χ0v) is 13.4. The van der Waals surface area contributed by atoms with Gasteiger partial charge in [-0.2, -0.15) is 0 Å². The van der Waals surface area contributed by atoms with Crippen LogP contribution in [0, 0.1) is 6.92 Å². The average molecular weight is 316 g/mol. The number of pyridine rings is 1. The molecule has 0 bridgehead atoms. The molecule has 2 aromatic rings. The van der Waals surface area contributed by atoms with E-state index < -0.39 is 17.9 Å². The molecule has 1 heterocycles. The highest BCUT2D eigenvalue weighted by Crippen LogP contribution is 2.21. The maximum atomic E-state index is 12.4. The first-order chi connectivity index (χ1) is 11.0. The van der Waals surface area contributed by atoms with E-state index in [2.05, 4.69) is 10.3 Å². The van der Waals surface area contributed by atoms with Crippen LogP contribution in [-0.2, 0) is 4.79 Å². The van der Waals surface area contributed by atoms with Gasteiger partial charge in [-0.15, -0.1) is 0 Å². The lowest BCUT2D eigenvalue weighted by atomic mass is 10.1. The molecule has 2 rings (SSSR count). The first-order valence-electron chi connectivity index (χ1n) is 7.45. The van der Waals surface area contributed by atoms with Gasteiger partial charge in [0.15, 0.2) is 0 Å². The fraction of sp³-hybridized carbons (Fsp3) is 0.353. The highest BCUT2D eigenvalue weighted by atomic mass is 16.5. The van der Waals surface area contributed by atoms with E-state index in [1.54, 1.807) is 32.2 Å². The minimum Gasteiger partial charge on any atom is -0.497 e. The van der Waals surface area contributed by atoms with Crippen molar-refractivity contribution in [2.45, 2.75) is 32.7 Å². The van der Waals surface area contributed by atoms with Gasteiger partial charge in [0.25, 0.3) is 5.91 Å². The standard InChI is InChI=1S/C17H20N2O4/c1-4-5-14(17(21)22)19-16(20)13-8-11-6-7-12(23-3)9-15(11)18-10(13)2/h6-9,14H,4-5H2,1-3H3,(H,19,20)(H,21,22). The monoisotopic (exact) mass is 316 g/mol. The van der Waals surface area contributed by atoms with Gasteiger partial charge in [0, 0.05) is 11.5 Å². The first-order valence-corrected chi connectivity index (χ1v) is 7.45. The van der Waals surface area contributed by atoms with Crippen LogP contribution in [-0.4, -0.2) is 35.1 Å². The Balaban J connectivity index is 2.33. The Kier molecular flexibility index (Phi) is 5.16. The minimum atomic E-state index is -1.03. The zero-order chi connectivity index (χ0) is 17.0. The summed E-state index contributed by atoms with van der Waals surface area (Å²) in [5.74, 6) is -0.764. The molecule has 23 heavy (non-hydrogen) atoms. The molecule has 6 heteroatoms. The van der Waals surface area contributed by atoms with Gasteiger partial charge >= 0.3 is 5.97 Å². The summed E-state index contributed by atoms with van der Waals surface area (Å²) in [5, 5.41) is 12.5. The van der Waals surface area contributed by atoms with Crippen LogP contribution in [0.2, 0.25) is 0 Å². The number of hydrogen-bond donors (Lipinski definition) is 2. The number of methoxy groups -OCH3 is 1. The Hall–Kier alpha value is -2.63. The number of aliphatic carboxylic acids is 1. The van der Waals surface area contributed by atoms with Crippen molar-refractivity contribution in [1.82, 2.24) is 10.3 Å². The van der Waals surface area contributed by atoms with E-state index in [-0.39, 0.29) is 0 Å². The van der Waals surface area contributed by atoms with Crippen molar-refractivity contribution in [3.8, 4) is 5.75 Å². The number of aromatic nitrogens is 1. The second-order valence-electron chi connectivity index (χ2n) is 5.33. The third kappa shape index (κ3) is 3.77. The predicted octanol–water partition coefficient (Wildman–Crippen LogP) is 2.53. The van der Waals surface area contributed by atoms with Crippen LogP contribution in [0.5, 0.6) is 5.75 Å². The third-order valence-corrected chi connectivity index (χ3v) is 3.64. The van der Waals surface area contributed by atoms with Crippen LogP contribution in [0.25, 0.3) is 10.9 Å². The SMILES string of the molecule is CCCC(NC(=O)c1cc2ccc(OC)cc2nc1C)C(=O)O. The molecule has 0 radical (unpaired) electrons. The van der Waals surface area contributed by atoms with Gasteiger partial charge in [-0.25, -0.2) is 4.79 Å². The van der Waals surface area contributed by atoms with Crippen molar-refractivity contribution in [3.63, 3.8) is 0 Å². The highest BCUT2D eigenvalue weighted by molar-refractivity contribution is 6.00. The normalized spacial score (nSPS) is 12.0. The van der Waals surface area contributed by atoms with Gasteiger partial charge in [-0.3, -0.25) is 9.78 Å². The molecule has 0 aliphatic heterocycles. The van der Waals surface area contributed by atoms with E-state index in [4.69, 9.17) is 9.84 Å². The van der Waals surface area contributed by atoms with Crippen molar-refractivity contribution in [2.24, 2.45) is 0 Å². The van der Waals surface area contributed by atoms with Crippen LogP contribution in [0.1, 0.15) is 35.8 Å². The molecule has 6 nitrogen and oxygen atoms in total. The topological polar surface area (TPSA) is 88.5 Å². The van der Waals surface area contributed by atoms with Gasteiger partial charge in [0.2, 0.25) is 0 Å². The Morgan fingerprint density at radius 2 is 2.09 bits per heavy atom. The number of carbonyl (C=O) groups is 2. The summed E-state index contributed by atoms with van der Waals surface area (Å²) in [7, 11) is 1.58. The number of carboxylic acid groups (broad SMARTS) is 1. The Morgan fingerprint density at radius 1 is 1.35 bits per heavy atom. The largest absolute Gasteiger partial charge is 0.497 e. The summed E-state index contributed by atoms with van der Waals surface area (Å²) < 4.78 is 5.16. The van der Waals surface area contributed by atoms with Crippen LogP contribution >= 0.6 is 0 Å². The number of hydrogen-bond acceptors (Lipinski definition) is 4. The Bertz CT molecular complexity index is 743. The number of carboxylic acids is 1. The molecule has 1 unspecified atom stereocenters. The molecule has 0 saturated carbocycles. The molecule has 0 saturated heterocycles. The van der Waals surface area contributed by atoms with Crippen LogP contribution in [0.15, 0.2) is 24.3 Å². The second-order valence-corrected chi connectivity index (χ2v) is 5.33. The molecule has 0 aliphatic rings. The van der Waals surface area contributed by atoms with Crippen molar-refractivity contribution < 1.29 is 19.4 Å². The van der Waals surface area contributed by atoms with E-state index in [1.165, 1.54) is 0 Å². The number of aryl methyl sites for hydroxylation is 1. The maximum absolute atomic E-state index is 12.4. The number of benzene rings is 1. The summed E-state index contributed by atoms with van der Waals surface area (Å²) in [6.07, 6.45) is 1.06. The smallest absolute Gasteiger partial charge is 0.326 e. The number of nitrogens with one attached hydrogen (secondary N) is 1. The van der Waals surface area contributed by atoms with Gasteiger partial charge in [-0.1, -0.05) is 13.3 Å². The zero-order valence-electron chi connectivity index (χ0n) is 13.4. The molecule has 0 aliphatic carbocycles. The summed E-state index contributed by atoms with van der Waals surface area (Å²) in [4.78, 5) is 28.0. The Labute approximate surface area is 134 Å². The predicted molar refractivity (Wildman–Crippen MR) is 86.8 cm³/mol. The molecular formula is C17H20N2O4. The molecule has 1 aromatic carbocycles. The van der Waals surface area contributed by atoms with Gasteiger partial charge in [0.05, 0.1) is 23.9 Å². The molecule has 122 valence electrons. The van der Waals surface area contributed by atoms with E-state index >= 15 is 0 Å². The van der Waals surface area contributed by atoms with E-state index in [9.17, 15) is 9.59 Å². The Morgan fingerprint density at radius 3 is 2.70 bits per heavy atom. The first kappa shape index (κ1) is 16.7. The maximum Gasteiger partial charge on any atom is 0.326 e. The van der Waals surface area contributed by atoms with Crippen LogP contribution in [0.4, 0.5) is 0 Å². The van der Waals surface area contributed by atoms with E-state index in [0.717, 1.165) is 10.9 Å². The number of nitrogens with zero attached hydrogens (tertiary/aromatic N) is 1. The molecule has 1 amide bonds. The average Bonchev–Trinajstić information content (AvgIpc) is 2.52. The number of amides is 1. The summed E-state index contributed by atoms with van der Waals surface area (Å²) >= 11 is 0. The molecule has 0 spiro atoms. The second kappa shape index (κ2) is 7.09. The summed E-state index contributed by atoms with van der Waals surface area (Å²) in [6, 6.07) is 6.23. The molecule has 0 fully saturated rings. The third-order valence-electron chi connectivity index (χ3n) is 3.64. The lowest BCUT2D eigenvalue weighted by molar-refractivity contribution is -0.139. The molecule has 2 N–H and O–H groups in total. The van der Waals surface area contributed by atoms with E-state index in [0.29, 0.717) is 29.8 Å². The fourth-order valence-corrected chi connectivity index (χ4v) is 2.38. The van der Waals surface area contributed by atoms with Crippen molar-refractivity contribution >= 4 is 22.8 Å². The number of rotatable bonds is 6. The number of ether oxygens (including phenoxy) is 1. The number of carbonyl (C=O) groups excluding carboxylic acids is 1. The summed E-state index contributed by atoms with van der Waals surface area (Å²) in [6.45, 7) is 3.60. The van der Waals surface area contributed by atoms with Crippen LogP contribution < -0.4 is 10.1 Å². The van der Waals surface area contributed by atoms with Gasteiger partial charge in [-0.05, 0) is 31.5 Å². The van der Waals surface area contributed by atoms with Crippen molar-refractivity contribution in [2.75, 3.05) is 7.11 Å². The molecule has 1 aromatic heterocycles. The fourth-order valence-electron chi connectivity index (χ4n) is 2.38. The quantitative estimate of drug-likeness (QED) is 0.855. The molecule has 1 atom stereocenters. The van der Waals surface area contributed by atoms with Gasteiger partial charge < -0.3 is 15.2 Å². The van der Waals surface area contributed by atoms with E-state index in [1.807, 2.05) is 13.0 Å². The van der Waals surface area contributed by atoms with Crippen molar-refractivity contribution in [1.29, 1.82) is 0 Å². The van der Waals surface area contributed by atoms with Crippen LogP contribution in [0.3, 0.4) is 0 Å². The summed E-state index contributed by atoms with van der Waals surface area (Å²) in [5.41, 5.74) is 1.65. The highest BCUT2D eigenvalue weighted by Gasteiger charge is 2.21. The lowest BCUT2D eigenvalue weighted by Gasteiger charge is -2.15. The minimum absolute atomic E-state index is 0.380. The number of fused-ring (bicyclic) bond motifs is 1. The molecular weight excluding hydrogens is 296 g/mol. The lowest BCUT2D eigenvalue weighted by Crippen LogP contribution is -2.40.